The zero-order valence-corrected chi connectivity index (χ0v) is 6.73. The zero-order valence-electron chi connectivity index (χ0n) is 6.73. The van der Waals surface area contributed by atoms with Crippen molar-refractivity contribution in [2.24, 2.45) is 0 Å². The minimum Gasteiger partial charge on any atom is -0.433 e. The first-order valence-electron chi connectivity index (χ1n) is 3.79. The number of nitrogens with one attached hydrogen (secondary N) is 1. The summed E-state index contributed by atoms with van der Waals surface area (Å²) in [6.07, 6.45) is 0.365. The number of hydrogen-bond donors (Lipinski definition) is 3. The van der Waals surface area contributed by atoms with Crippen LogP contribution < -0.4 is 5.32 Å². The molecule has 0 aromatic carbocycles. The molecule has 0 aromatic rings. The van der Waals surface area contributed by atoms with Crippen LogP contribution in [0.4, 0.5) is 4.79 Å². The molecular weight excluding hydrogens is 160 g/mol. The minimum absolute atomic E-state index is 0.202. The summed E-state index contributed by atoms with van der Waals surface area (Å²) in [6.45, 7) is 4.21. The van der Waals surface area contributed by atoms with Gasteiger partial charge in [-0.3, -0.25) is 5.32 Å². The molecular formula is C7H13N2O3+. The van der Waals surface area contributed by atoms with Crippen LogP contribution in [0.1, 0.15) is 6.42 Å². The number of nitrogens with zero attached hydrogens (tertiary/aromatic N) is 1. The Kier molecular flexibility index (Phi) is 2.46. The Morgan fingerprint density at radius 3 is 3.00 bits per heavy atom. The largest absolute Gasteiger partial charge is 0.548 e. The van der Waals surface area contributed by atoms with Crippen LogP contribution in [0.3, 0.4) is 0 Å². The Balaban J connectivity index is 2.73. The normalized spacial score (nSPS) is 34.9. The van der Waals surface area contributed by atoms with Crippen molar-refractivity contribution >= 4 is 6.09 Å². The summed E-state index contributed by atoms with van der Waals surface area (Å²) in [7, 11) is 0. The van der Waals surface area contributed by atoms with Gasteiger partial charge in [-0.25, -0.2) is 5.21 Å². The van der Waals surface area contributed by atoms with Crippen LogP contribution in [0.5, 0.6) is 0 Å². The van der Waals surface area contributed by atoms with Gasteiger partial charge in [-0.15, -0.1) is 6.58 Å². The molecule has 0 aromatic heterocycles. The molecule has 0 saturated carbocycles. The lowest BCUT2D eigenvalue weighted by Gasteiger charge is -2.23. The highest BCUT2D eigenvalue weighted by Gasteiger charge is 2.47. The lowest BCUT2D eigenvalue weighted by Crippen LogP contribution is -2.55. The Hall–Kier alpha value is -0.910. The van der Waals surface area contributed by atoms with Crippen molar-refractivity contribution in [3.8, 4) is 0 Å². The first kappa shape index (κ1) is 9.18. The van der Waals surface area contributed by atoms with Crippen LogP contribution in [-0.2, 0) is 0 Å². The monoisotopic (exact) mass is 173 g/mol. The summed E-state index contributed by atoms with van der Waals surface area (Å²) in [4.78, 5) is 10.7. The maximum Gasteiger partial charge on any atom is 0.548 e. The Morgan fingerprint density at radius 1 is 1.83 bits per heavy atom. The standard InChI is InChI=1S/C7H12N2O3/c1-2-3-6-8-4-5-9(6,12)7(10)11/h2,6,8,12H,1,3-5H2/p+1. The van der Waals surface area contributed by atoms with Gasteiger partial charge in [0.1, 0.15) is 6.54 Å². The van der Waals surface area contributed by atoms with Gasteiger partial charge in [0.05, 0.1) is 6.54 Å². The average molecular weight is 173 g/mol. The summed E-state index contributed by atoms with van der Waals surface area (Å²) in [6, 6.07) is 0. The number of amides is 1. The molecule has 0 bridgehead atoms. The van der Waals surface area contributed by atoms with Gasteiger partial charge in [0.25, 0.3) is 0 Å². The van der Waals surface area contributed by atoms with Crippen molar-refractivity contribution < 1.29 is 19.8 Å². The van der Waals surface area contributed by atoms with Gasteiger partial charge in [0.15, 0.2) is 6.17 Å². The summed E-state index contributed by atoms with van der Waals surface area (Å²) in [5, 5.41) is 21.2. The molecule has 2 unspecified atom stereocenters. The molecule has 0 radical (unpaired) electrons. The van der Waals surface area contributed by atoms with E-state index in [-0.39, 0.29) is 6.54 Å². The molecule has 1 aliphatic heterocycles. The van der Waals surface area contributed by atoms with E-state index in [0.717, 1.165) is 0 Å². The molecule has 2 atom stereocenters. The molecule has 68 valence electrons. The zero-order chi connectivity index (χ0) is 9.19. The maximum absolute atomic E-state index is 10.7. The minimum atomic E-state index is -1.22. The second-order valence-electron chi connectivity index (χ2n) is 2.83. The number of rotatable bonds is 2. The molecule has 0 spiro atoms. The Morgan fingerprint density at radius 2 is 2.50 bits per heavy atom. The van der Waals surface area contributed by atoms with Gasteiger partial charge in [0, 0.05) is 6.42 Å². The Bertz CT molecular complexity index is 207. The molecule has 1 fully saturated rings. The quantitative estimate of drug-likeness (QED) is 0.320. The second kappa shape index (κ2) is 3.22. The van der Waals surface area contributed by atoms with Crippen LogP contribution >= 0.6 is 0 Å². The smallest absolute Gasteiger partial charge is 0.433 e. The summed E-state index contributed by atoms with van der Waals surface area (Å²) in [5.41, 5.74) is 0. The van der Waals surface area contributed by atoms with Crippen molar-refractivity contribution in [1.29, 1.82) is 0 Å². The fraction of sp³-hybridized carbons (Fsp3) is 0.571. The third-order valence-corrected chi connectivity index (χ3v) is 2.07. The molecule has 1 saturated heterocycles. The van der Waals surface area contributed by atoms with E-state index in [1.54, 1.807) is 6.08 Å². The van der Waals surface area contributed by atoms with E-state index >= 15 is 0 Å². The van der Waals surface area contributed by atoms with Gasteiger partial charge < -0.3 is 5.11 Å². The Labute approximate surface area is 70.5 Å². The maximum atomic E-state index is 10.7. The van der Waals surface area contributed by atoms with Gasteiger partial charge in [-0.05, 0) is 0 Å². The topological polar surface area (TPSA) is 69.6 Å². The molecule has 5 nitrogen and oxygen atoms in total. The van der Waals surface area contributed by atoms with Crippen LogP contribution in [0.2, 0.25) is 0 Å². The third-order valence-electron chi connectivity index (χ3n) is 2.07. The fourth-order valence-electron chi connectivity index (χ4n) is 1.35. The molecule has 12 heavy (non-hydrogen) atoms. The third kappa shape index (κ3) is 1.34. The number of carboxylic acid groups (broad SMARTS) is 1. The van der Waals surface area contributed by atoms with E-state index in [1.165, 1.54) is 0 Å². The summed E-state index contributed by atoms with van der Waals surface area (Å²) in [5.74, 6) is 0. The molecule has 3 N–H and O–H groups in total. The highest BCUT2D eigenvalue weighted by Crippen LogP contribution is 2.16. The molecule has 1 aliphatic rings. The molecule has 1 rings (SSSR count). The molecule has 0 aliphatic carbocycles. The van der Waals surface area contributed by atoms with E-state index in [9.17, 15) is 10.0 Å². The van der Waals surface area contributed by atoms with Crippen LogP contribution in [0.25, 0.3) is 0 Å². The highest BCUT2D eigenvalue weighted by atomic mass is 16.6. The van der Waals surface area contributed by atoms with Crippen molar-refractivity contribution in [2.75, 3.05) is 13.1 Å². The average Bonchev–Trinajstić information content (AvgIpc) is 2.35. The number of quaternary nitrogens is 1. The van der Waals surface area contributed by atoms with Crippen molar-refractivity contribution in [3.05, 3.63) is 12.7 Å². The number of hydrogen-bond acceptors (Lipinski definition) is 3. The lowest BCUT2D eigenvalue weighted by atomic mass is 10.3. The van der Waals surface area contributed by atoms with E-state index in [1.807, 2.05) is 0 Å². The van der Waals surface area contributed by atoms with E-state index in [0.29, 0.717) is 13.0 Å². The van der Waals surface area contributed by atoms with E-state index in [2.05, 4.69) is 11.9 Å². The predicted octanol–water partition coefficient (Wildman–Crippen LogP) is 0.376. The fourth-order valence-corrected chi connectivity index (χ4v) is 1.35. The van der Waals surface area contributed by atoms with Crippen molar-refractivity contribution in [2.45, 2.75) is 12.6 Å². The SMILES string of the molecule is C=CCC1NCC[N+]1(O)C(=O)O. The highest BCUT2D eigenvalue weighted by molar-refractivity contribution is 5.56. The molecule has 5 heteroatoms. The number of carbonyl (C=O) groups is 1. The van der Waals surface area contributed by atoms with Crippen LogP contribution in [0, 0.1) is 0 Å². The van der Waals surface area contributed by atoms with Gasteiger partial charge in [-0.2, -0.15) is 4.79 Å². The van der Waals surface area contributed by atoms with Gasteiger partial charge in [0.2, 0.25) is 0 Å². The first-order valence-corrected chi connectivity index (χ1v) is 3.79. The molecule has 1 amide bonds. The van der Waals surface area contributed by atoms with Crippen LogP contribution in [0.15, 0.2) is 12.7 Å². The van der Waals surface area contributed by atoms with E-state index in [4.69, 9.17) is 5.11 Å². The van der Waals surface area contributed by atoms with Crippen molar-refractivity contribution in [3.63, 3.8) is 0 Å². The van der Waals surface area contributed by atoms with E-state index < -0.39 is 16.9 Å². The van der Waals surface area contributed by atoms with Crippen LogP contribution in [-0.4, -0.2) is 40.3 Å². The van der Waals surface area contributed by atoms with Gasteiger partial charge in [-0.1, -0.05) is 10.7 Å². The summed E-state index contributed by atoms with van der Waals surface area (Å²) >= 11 is 0. The summed E-state index contributed by atoms with van der Waals surface area (Å²) < 4.78 is -0.938. The molecule has 1 heterocycles. The number of hydroxylamine groups is 3. The second-order valence-corrected chi connectivity index (χ2v) is 2.83. The predicted molar refractivity (Wildman–Crippen MR) is 41.5 cm³/mol. The first-order chi connectivity index (χ1) is 5.61. The lowest BCUT2D eigenvalue weighted by molar-refractivity contribution is -1.05. The van der Waals surface area contributed by atoms with Gasteiger partial charge >= 0.3 is 6.09 Å². The van der Waals surface area contributed by atoms with Crippen molar-refractivity contribution in [1.82, 2.24) is 5.32 Å².